The van der Waals surface area contributed by atoms with E-state index in [-0.39, 0.29) is 5.91 Å². The van der Waals surface area contributed by atoms with Gasteiger partial charge in [0.05, 0.1) is 17.6 Å². The molecule has 0 aliphatic carbocycles. The molecule has 2 aromatic rings. The number of nitrogens with one attached hydrogen (secondary N) is 1. The number of carbonyl (C=O) groups excluding carboxylic acids is 1. The third-order valence-corrected chi connectivity index (χ3v) is 3.22. The SMILES string of the molecule is CN(C)CCCNC(=O)Cc1ccc2cc(N)ccc2n1. The molecular formula is C16H22N4O. The summed E-state index contributed by atoms with van der Waals surface area (Å²) in [6.07, 6.45) is 1.26. The number of nitrogen functional groups attached to an aromatic ring is 1. The zero-order valence-electron chi connectivity index (χ0n) is 12.6. The van der Waals surface area contributed by atoms with Gasteiger partial charge in [-0.2, -0.15) is 0 Å². The lowest BCUT2D eigenvalue weighted by Gasteiger charge is -2.10. The number of nitrogens with zero attached hydrogens (tertiary/aromatic N) is 2. The van der Waals surface area contributed by atoms with E-state index in [9.17, 15) is 4.79 Å². The normalized spacial score (nSPS) is 11.0. The van der Waals surface area contributed by atoms with E-state index in [2.05, 4.69) is 15.2 Å². The molecule has 1 aromatic heterocycles. The monoisotopic (exact) mass is 286 g/mol. The largest absolute Gasteiger partial charge is 0.399 e. The van der Waals surface area contributed by atoms with Crippen molar-refractivity contribution in [2.75, 3.05) is 32.9 Å². The first-order valence-corrected chi connectivity index (χ1v) is 7.11. The average molecular weight is 286 g/mol. The Morgan fingerprint density at radius 1 is 1.29 bits per heavy atom. The van der Waals surface area contributed by atoms with Crippen molar-refractivity contribution in [3.8, 4) is 0 Å². The summed E-state index contributed by atoms with van der Waals surface area (Å²) in [6.45, 7) is 1.66. The van der Waals surface area contributed by atoms with Gasteiger partial charge < -0.3 is 16.0 Å². The first-order valence-electron chi connectivity index (χ1n) is 7.11. The smallest absolute Gasteiger partial charge is 0.226 e. The summed E-state index contributed by atoms with van der Waals surface area (Å²) in [5.41, 5.74) is 8.09. The Morgan fingerprint density at radius 3 is 2.86 bits per heavy atom. The molecule has 0 radical (unpaired) electrons. The quantitative estimate of drug-likeness (QED) is 0.622. The first kappa shape index (κ1) is 15.3. The van der Waals surface area contributed by atoms with Gasteiger partial charge in [-0.05, 0) is 51.3 Å². The zero-order chi connectivity index (χ0) is 15.2. The fourth-order valence-electron chi connectivity index (χ4n) is 2.13. The maximum Gasteiger partial charge on any atom is 0.226 e. The van der Waals surface area contributed by atoms with Crippen molar-refractivity contribution in [3.63, 3.8) is 0 Å². The molecule has 1 amide bonds. The van der Waals surface area contributed by atoms with Crippen LogP contribution in [0.15, 0.2) is 30.3 Å². The number of anilines is 1. The minimum absolute atomic E-state index is 0.0102. The topological polar surface area (TPSA) is 71.2 Å². The number of benzene rings is 1. The van der Waals surface area contributed by atoms with Crippen LogP contribution in [0.4, 0.5) is 5.69 Å². The van der Waals surface area contributed by atoms with Crippen LogP contribution in [0.3, 0.4) is 0 Å². The Labute approximate surface area is 125 Å². The summed E-state index contributed by atoms with van der Waals surface area (Å²) >= 11 is 0. The van der Waals surface area contributed by atoms with Crippen LogP contribution in [0.1, 0.15) is 12.1 Å². The summed E-state index contributed by atoms with van der Waals surface area (Å²) in [6, 6.07) is 9.41. The highest BCUT2D eigenvalue weighted by molar-refractivity contribution is 5.83. The van der Waals surface area contributed by atoms with E-state index in [1.54, 1.807) is 0 Å². The van der Waals surface area contributed by atoms with Gasteiger partial charge >= 0.3 is 0 Å². The van der Waals surface area contributed by atoms with Crippen molar-refractivity contribution in [2.24, 2.45) is 0 Å². The van der Waals surface area contributed by atoms with Crippen LogP contribution in [0.5, 0.6) is 0 Å². The summed E-state index contributed by atoms with van der Waals surface area (Å²) in [5.74, 6) is 0.0102. The molecule has 0 unspecified atom stereocenters. The van der Waals surface area contributed by atoms with Gasteiger partial charge in [-0.25, -0.2) is 0 Å². The Balaban J connectivity index is 1.90. The van der Waals surface area contributed by atoms with Crippen LogP contribution in [0.25, 0.3) is 10.9 Å². The maximum absolute atomic E-state index is 11.9. The maximum atomic E-state index is 11.9. The molecule has 0 aliphatic heterocycles. The lowest BCUT2D eigenvalue weighted by atomic mass is 10.1. The molecule has 21 heavy (non-hydrogen) atoms. The first-order chi connectivity index (χ1) is 10.0. The second-order valence-corrected chi connectivity index (χ2v) is 5.44. The molecule has 5 nitrogen and oxygen atoms in total. The number of carbonyl (C=O) groups is 1. The fraction of sp³-hybridized carbons (Fsp3) is 0.375. The molecule has 2 rings (SSSR count). The Bertz CT molecular complexity index is 625. The Hall–Kier alpha value is -2.14. The van der Waals surface area contributed by atoms with Gasteiger partial charge in [0.25, 0.3) is 0 Å². The van der Waals surface area contributed by atoms with Gasteiger partial charge in [-0.1, -0.05) is 6.07 Å². The van der Waals surface area contributed by atoms with Crippen molar-refractivity contribution >= 4 is 22.5 Å². The van der Waals surface area contributed by atoms with Crippen LogP contribution in [-0.2, 0) is 11.2 Å². The van der Waals surface area contributed by atoms with Gasteiger partial charge in [0.15, 0.2) is 0 Å². The molecule has 0 saturated heterocycles. The number of aromatic nitrogens is 1. The third kappa shape index (κ3) is 4.72. The summed E-state index contributed by atoms with van der Waals surface area (Å²) in [7, 11) is 4.04. The van der Waals surface area contributed by atoms with E-state index in [0.717, 1.165) is 35.2 Å². The van der Waals surface area contributed by atoms with Crippen LogP contribution in [0, 0.1) is 0 Å². The second kappa shape index (κ2) is 7.04. The fourth-order valence-corrected chi connectivity index (χ4v) is 2.13. The molecule has 0 atom stereocenters. The van der Waals surface area contributed by atoms with E-state index in [1.807, 2.05) is 44.4 Å². The van der Waals surface area contributed by atoms with E-state index in [1.165, 1.54) is 0 Å². The van der Waals surface area contributed by atoms with E-state index in [0.29, 0.717) is 13.0 Å². The highest BCUT2D eigenvalue weighted by atomic mass is 16.1. The molecule has 5 heteroatoms. The lowest BCUT2D eigenvalue weighted by molar-refractivity contribution is -0.120. The predicted octanol–water partition coefficient (Wildman–Crippen LogP) is 1.43. The molecule has 0 spiro atoms. The van der Waals surface area contributed by atoms with Crippen molar-refractivity contribution in [2.45, 2.75) is 12.8 Å². The van der Waals surface area contributed by atoms with Crippen LogP contribution < -0.4 is 11.1 Å². The van der Waals surface area contributed by atoms with E-state index >= 15 is 0 Å². The standard InChI is InChI=1S/C16H22N4O/c1-20(2)9-3-8-18-16(21)11-14-6-4-12-10-13(17)5-7-15(12)19-14/h4-7,10H,3,8-9,11,17H2,1-2H3,(H,18,21). The van der Waals surface area contributed by atoms with Crippen molar-refractivity contribution in [1.82, 2.24) is 15.2 Å². The third-order valence-electron chi connectivity index (χ3n) is 3.22. The number of pyridine rings is 1. The van der Waals surface area contributed by atoms with Gasteiger partial charge in [-0.3, -0.25) is 9.78 Å². The van der Waals surface area contributed by atoms with Crippen LogP contribution in [-0.4, -0.2) is 43.0 Å². The average Bonchev–Trinajstić information content (AvgIpc) is 2.43. The molecule has 0 aliphatic rings. The number of amides is 1. The van der Waals surface area contributed by atoms with Gasteiger partial charge in [-0.15, -0.1) is 0 Å². The minimum Gasteiger partial charge on any atom is -0.399 e. The van der Waals surface area contributed by atoms with Crippen LogP contribution in [0.2, 0.25) is 0 Å². The van der Waals surface area contributed by atoms with Crippen molar-refractivity contribution in [1.29, 1.82) is 0 Å². The Morgan fingerprint density at radius 2 is 2.10 bits per heavy atom. The zero-order valence-corrected chi connectivity index (χ0v) is 12.6. The number of fused-ring (bicyclic) bond motifs is 1. The number of nitrogens with two attached hydrogens (primary N) is 1. The second-order valence-electron chi connectivity index (χ2n) is 5.44. The molecule has 1 heterocycles. The van der Waals surface area contributed by atoms with Gasteiger partial charge in [0.2, 0.25) is 5.91 Å². The van der Waals surface area contributed by atoms with E-state index < -0.39 is 0 Å². The summed E-state index contributed by atoms with van der Waals surface area (Å²) in [5, 5.41) is 3.91. The molecule has 0 fully saturated rings. The molecule has 0 bridgehead atoms. The number of hydrogen-bond acceptors (Lipinski definition) is 4. The lowest BCUT2D eigenvalue weighted by Crippen LogP contribution is -2.28. The van der Waals surface area contributed by atoms with Crippen molar-refractivity contribution < 1.29 is 4.79 Å². The van der Waals surface area contributed by atoms with E-state index in [4.69, 9.17) is 5.73 Å². The molecule has 3 N–H and O–H groups in total. The van der Waals surface area contributed by atoms with Gasteiger partial charge in [0.1, 0.15) is 0 Å². The summed E-state index contributed by atoms with van der Waals surface area (Å²) in [4.78, 5) is 18.5. The predicted molar refractivity (Wildman–Crippen MR) is 86.0 cm³/mol. The highest BCUT2D eigenvalue weighted by Crippen LogP contribution is 2.16. The molecule has 112 valence electrons. The molecule has 1 aromatic carbocycles. The highest BCUT2D eigenvalue weighted by Gasteiger charge is 2.05. The minimum atomic E-state index is 0.0102. The van der Waals surface area contributed by atoms with Gasteiger partial charge in [0, 0.05) is 17.6 Å². The summed E-state index contributed by atoms with van der Waals surface area (Å²) < 4.78 is 0. The molecule has 0 saturated carbocycles. The van der Waals surface area contributed by atoms with Crippen LogP contribution >= 0.6 is 0 Å². The number of rotatable bonds is 6. The number of hydrogen-bond donors (Lipinski definition) is 2. The Kier molecular flexibility index (Phi) is 5.11. The van der Waals surface area contributed by atoms with Crippen molar-refractivity contribution in [3.05, 3.63) is 36.0 Å². The molecular weight excluding hydrogens is 264 g/mol.